The third-order valence-corrected chi connectivity index (χ3v) is 12.4. The summed E-state index contributed by atoms with van der Waals surface area (Å²) in [5.74, 6) is -0.383. The number of carbonyl (C=O) groups is 1. The lowest BCUT2D eigenvalue weighted by Crippen LogP contribution is -2.61. The van der Waals surface area contributed by atoms with Crippen molar-refractivity contribution in [2.45, 2.75) is 255 Å². The Bertz CT molecular complexity index is 1230. The van der Waals surface area contributed by atoms with Crippen LogP contribution in [-0.4, -0.2) is 142 Å². The first-order valence-electron chi connectivity index (χ1n) is 26.1. The Balaban J connectivity index is 1.73. The second-order valence-electron chi connectivity index (χ2n) is 18.3. The zero-order chi connectivity index (χ0) is 48.0. The van der Waals surface area contributed by atoms with E-state index in [1.165, 1.54) is 96.3 Å². The molecule has 7 N–H and O–H groups in total. The average Bonchev–Trinajstić information content (AvgIpc) is 3.31. The van der Waals surface area contributed by atoms with Crippen molar-refractivity contribution in [1.82, 2.24) is 0 Å². The van der Waals surface area contributed by atoms with Crippen LogP contribution in [0.2, 0.25) is 0 Å². The molecule has 0 radical (unpaired) electrons. The molecule has 11 unspecified atom stereocenters. The van der Waals surface area contributed by atoms with Crippen LogP contribution in [0.4, 0.5) is 0 Å². The third-order valence-electron chi connectivity index (χ3n) is 12.4. The quantitative estimate of drug-likeness (QED) is 0.0177. The molecule has 0 spiro atoms. The summed E-state index contributed by atoms with van der Waals surface area (Å²) in [6.45, 7) is 3.60. The van der Waals surface area contributed by atoms with Gasteiger partial charge in [0.1, 0.15) is 54.9 Å². The van der Waals surface area contributed by atoms with Crippen molar-refractivity contribution in [3.8, 4) is 0 Å². The summed E-state index contributed by atoms with van der Waals surface area (Å²) in [6, 6.07) is 0. The van der Waals surface area contributed by atoms with Crippen molar-refractivity contribution in [3.05, 3.63) is 36.5 Å². The van der Waals surface area contributed by atoms with Crippen LogP contribution in [0.3, 0.4) is 0 Å². The fourth-order valence-electron chi connectivity index (χ4n) is 8.08. The molecule has 0 aromatic carbocycles. The monoisotopic (exact) mass is 943 g/mol. The Hall–Kier alpha value is -1.79. The van der Waals surface area contributed by atoms with Crippen molar-refractivity contribution in [1.29, 1.82) is 0 Å². The van der Waals surface area contributed by atoms with E-state index < -0.39 is 80.7 Å². The van der Waals surface area contributed by atoms with E-state index in [-0.39, 0.29) is 25.6 Å². The number of ether oxygens (including phenoxy) is 6. The topological polar surface area (TPSA) is 214 Å². The lowest BCUT2D eigenvalue weighted by atomic mass is 9.98. The lowest BCUT2D eigenvalue weighted by molar-refractivity contribution is -0.332. The van der Waals surface area contributed by atoms with E-state index in [1.807, 2.05) is 0 Å². The van der Waals surface area contributed by atoms with Crippen LogP contribution in [0.1, 0.15) is 187 Å². The van der Waals surface area contributed by atoms with Gasteiger partial charge in [-0.2, -0.15) is 0 Å². The van der Waals surface area contributed by atoms with E-state index in [9.17, 15) is 40.5 Å². The van der Waals surface area contributed by atoms with Crippen LogP contribution in [0.5, 0.6) is 0 Å². The molecule has 0 bridgehead atoms. The van der Waals surface area contributed by atoms with Gasteiger partial charge in [-0.1, -0.05) is 153 Å². The number of hydrogen-bond donors (Lipinski definition) is 7. The van der Waals surface area contributed by atoms with E-state index in [0.29, 0.717) is 13.0 Å². The van der Waals surface area contributed by atoms with Gasteiger partial charge in [0.25, 0.3) is 0 Å². The molecular weight excluding hydrogens is 849 g/mol. The molecule has 0 aromatic heterocycles. The molecule has 0 aromatic rings. The van der Waals surface area contributed by atoms with Gasteiger partial charge in [0.15, 0.2) is 12.6 Å². The average molecular weight is 943 g/mol. The molecule has 2 saturated heterocycles. The van der Waals surface area contributed by atoms with E-state index in [2.05, 4.69) is 50.3 Å². The molecule has 2 heterocycles. The Morgan fingerprint density at radius 2 is 0.970 bits per heavy atom. The van der Waals surface area contributed by atoms with Gasteiger partial charge in [-0.25, -0.2) is 0 Å². The van der Waals surface area contributed by atoms with Gasteiger partial charge in [0, 0.05) is 13.0 Å². The van der Waals surface area contributed by atoms with E-state index in [1.54, 1.807) is 0 Å². The van der Waals surface area contributed by atoms with Gasteiger partial charge in [-0.3, -0.25) is 4.79 Å². The highest BCUT2D eigenvalue weighted by molar-refractivity contribution is 5.69. The second kappa shape index (κ2) is 40.0. The van der Waals surface area contributed by atoms with Crippen molar-refractivity contribution in [3.63, 3.8) is 0 Å². The van der Waals surface area contributed by atoms with E-state index in [4.69, 9.17) is 28.4 Å². The summed E-state index contributed by atoms with van der Waals surface area (Å²) in [4.78, 5) is 13.0. The number of aliphatic hydroxyl groups is 7. The molecule has 2 aliphatic rings. The van der Waals surface area contributed by atoms with E-state index in [0.717, 1.165) is 64.2 Å². The van der Waals surface area contributed by atoms with Gasteiger partial charge in [-0.05, 0) is 64.2 Å². The summed E-state index contributed by atoms with van der Waals surface area (Å²) in [6.07, 6.45) is 27.8. The smallest absolute Gasteiger partial charge is 0.306 e. The number of aliphatic hydroxyl groups excluding tert-OH is 7. The Morgan fingerprint density at radius 1 is 0.500 bits per heavy atom. The highest BCUT2D eigenvalue weighted by atomic mass is 16.7. The van der Waals surface area contributed by atoms with E-state index >= 15 is 0 Å². The highest BCUT2D eigenvalue weighted by Gasteiger charge is 2.47. The first-order chi connectivity index (χ1) is 32.1. The predicted molar refractivity (Wildman–Crippen MR) is 256 cm³/mol. The van der Waals surface area contributed by atoms with Crippen LogP contribution in [0.25, 0.3) is 0 Å². The Labute approximate surface area is 398 Å². The number of unbranched alkanes of at least 4 members (excludes halogenated alkanes) is 21. The normalized spacial score (nSPS) is 26.6. The molecule has 66 heavy (non-hydrogen) atoms. The third kappa shape index (κ3) is 27.4. The fourth-order valence-corrected chi connectivity index (χ4v) is 8.08. The summed E-state index contributed by atoms with van der Waals surface area (Å²) >= 11 is 0. The molecule has 0 amide bonds. The number of rotatable bonds is 41. The highest BCUT2D eigenvalue weighted by Crippen LogP contribution is 2.26. The minimum absolute atomic E-state index is 0.0560. The van der Waals surface area contributed by atoms with Gasteiger partial charge >= 0.3 is 5.97 Å². The number of hydrogen-bond acceptors (Lipinski definition) is 14. The molecule has 2 fully saturated rings. The van der Waals surface area contributed by atoms with Gasteiger partial charge in [-0.15, -0.1) is 0 Å². The van der Waals surface area contributed by atoms with Crippen LogP contribution < -0.4 is 0 Å². The van der Waals surface area contributed by atoms with Crippen LogP contribution in [0, 0.1) is 0 Å². The standard InChI is InChI=1S/C52H94O14/c1-3-5-7-9-11-13-15-16-17-18-19-20-21-22-23-24-25-27-29-31-33-35-44(54)64-41(38-61-36-34-32-30-28-26-14-12-10-8-6-4-2)39-62-51-50(60)48(58)46(56)43(66-51)40-63-52-49(59)47(57)45(55)42(37-53)65-52/h8,10,15-16,18-19,41-43,45-53,55-60H,3-7,9,11-14,17,20-40H2,1-2H3/b10-8-,16-15-,19-18-. The lowest BCUT2D eigenvalue weighted by Gasteiger charge is -2.42. The maximum absolute atomic E-state index is 13.0. The van der Waals surface area contributed by atoms with Crippen molar-refractivity contribution in [2.75, 3.05) is 33.0 Å². The minimum atomic E-state index is -1.71. The molecule has 2 rings (SSSR count). The van der Waals surface area contributed by atoms with Gasteiger partial charge in [0.05, 0.1) is 26.4 Å². The SMILES string of the molecule is CCC/C=C\CCCCCCCCOCC(COC1OC(COC2OC(CO)C(O)C(O)C2O)C(O)C(O)C1O)OC(=O)CCCCCCCCCCC/C=C\C/C=C\CCCCCCC. The largest absolute Gasteiger partial charge is 0.457 e. The molecular formula is C52H94O14. The maximum atomic E-state index is 13.0. The van der Waals surface area contributed by atoms with Crippen LogP contribution in [-0.2, 0) is 33.2 Å². The first kappa shape index (κ1) is 60.3. The predicted octanol–water partition coefficient (Wildman–Crippen LogP) is 7.80. The Morgan fingerprint density at radius 3 is 1.53 bits per heavy atom. The molecule has 386 valence electrons. The molecule has 14 nitrogen and oxygen atoms in total. The maximum Gasteiger partial charge on any atom is 0.306 e. The van der Waals surface area contributed by atoms with Crippen molar-refractivity contribution in [2.24, 2.45) is 0 Å². The molecule has 0 saturated carbocycles. The fraction of sp³-hybridized carbons (Fsp3) is 0.865. The van der Waals surface area contributed by atoms with Gasteiger partial charge in [0.2, 0.25) is 0 Å². The summed E-state index contributed by atoms with van der Waals surface area (Å²) in [7, 11) is 0. The number of allylic oxidation sites excluding steroid dienone is 6. The van der Waals surface area contributed by atoms with Crippen molar-refractivity contribution >= 4 is 5.97 Å². The summed E-state index contributed by atoms with van der Waals surface area (Å²) in [5.41, 5.74) is 0. The zero-order valence-corrected chi connectivity index (χ0v) is 40.9. The second-order valence-corrected chi connectivity index (χ2v) is 18.3. The van der Waals surface area contributed by atoms with Crippen LogP contribution in [0.15, 0.2) is 36.5 Å². The number of carbonyl (C=O) groups excluding carboxylic acids is 1. The summed E-state index contributed by atoms with van der Waals surface area (Å²) in [5, 5.41) is 72.1. The zero-order valence-electron chi connectivity index (χ0n) is 40.9. The molecule has 11 atom stereocenters. The molecule has 2 aliphatic heterocycles. The molecule has 0 aliphatic carbocycles. The van der Waals surface area contributed by atoms with Crippen molar-refractivity contribution < 1.29 is 69.0 Å². The summed E-state index contributed by atoms with van der Waals surface area (Å²) < 4.78 is 34.2. The number of esters is 1. The first-order valence-corrected chi connectivity index (χ1v) is 26.1. The van der Waals surface area contributed by atoms with Crippen LogP contribution >= 0.6 is 0 Å². The minimum Gasteiger partial charge on any atom is -0.457 e. The molecule has 14 heteroatoms. The van der Waals surface area contributed by atoms with Gasteiger partial charge < -0.3 is 64.2 Å². The Kier molecular flexibility index (Phi) is 36.6.